The molecular formula is C25H25BrN4O6S. The number of amides is 2. The number of rotatable bonds is 10. The largest absolute Gasteiger partial charge is 0.357 e. The monoisotopic (exact) mass is 588 g/mol. The molecule has 0 fully saturated rings. The van der Waals surface area contributed by atoms with Crippen LogP contribution in [0.2, 0.25) is 0 Å². The van der Waals surface area contributed by atoms with E-state index in [1.54, 1.807) is 43.3 Å². The van der Waals surface area contributed by atoms with Crippen molar-refractivity contribution >= 4 is 49.1 Å². The summed E-state index contributed by atoms with van der Waals surface area (Å²) < 4.78 is 28.9. The van der Waals surface area contributed by atoms with Crippen LogP contribution in [-0.4, -0.2) is 49.7 Å². The average molecular weight is 589 g/mol. The highest BCUT2D eigenvalue weighted by atomic mass is 79.9. The molecule has 2 amide bonds. The molecule has 0 aliphatic carbocycles. The van der Waals surface area contributed by atoms with Gasteiger partial charge in [-0.1, -0.05) is 46.3 Å². The molecule has 0 aliphatic heterocycles. The standard InChI is InChI=1S/C25H25BrN4O6S/c1-18(25(32)27-2)28(16-19-7-6-8-20(26)15-19)24(31)17-29(21-11-13-22(14-12-21)30(33)34)37(35,36)23-9-4-3-5-10-23/h3-15,18H,16-17H2,1-2H3,(H,27,32). The summed E-state index contributed by atoms with van der Waals surface area (Å²) in [5.74, 6) is -1.05. The Kier molecular flexibility index (Phi) is 9.00. The normalized spacial score (nSPS) is 11.9. The predicted octanol–water partition coefficient (Wildman–Crippen LogP) is 3.72. The molecule has 3 aromatic carbocycles. The highest BCUT2D eigenvalue weighted by Crippen LogP contribution is 2.26. The molecule has 3 aromatic rings. The summed E-state index contributed by atoms with van der Waals surface area (Å²) in [6.07, 6.45) is 0. The smallest absolute Gasteiger partial charge is 0.269 e. The van der Waals surface area contributed by atoms with Crippen molar-refractivity contribution in [1.82, 2.24) is 10.2 Å². The predicted molar refractivity (Wildman–Crippen MR) is 142 cm³/mol. The molecule has 0 bridgehead atoms. The first-order valence-electron chi connectivity index (χ1n) is 11.1. The zero-order valence-corrected chi connectivity index (χ0v) is 22.5. The van der Waals surface area contributed by atoms with Crippen molar-refractivity contribution in [1.29, 1.82) is 0 Å². The zero-order chi connectivity index (χ0) is 27.2. The minimum absolute atomic E-state index is 0.0480. The molecule has 0 heterocycles. The summed E-state index contributed by atoms with van der Waals surface area (Å²) in [6, 6.07) is 18.7. The van der Waals surface area contributed by atoms with Gasteiger partial charge in [-0.15, -0.1) is 0 Å². The second kappa shape index (κ2) is 12.0. The third-order valence-corrected chi connectivity index (χ3v) is 7.90. The van der Waals surface area contributed by atoms with Crippen LogP contribution >= 0.6 is 15.9 Å². The van der Waals surface area contributed by atoms with Gasteiger partial charge in [0.25, 0.3) is 15.7 Å². The third kappa shape index (κ3) is 6.71. The van der Waals surface area contributed by atoms with E-state index in [2.05, 4.69) is 21.2 Å². The number of carbonyl (C=O) groups is 2. The number of benzene rings is 3. The molecule has 1 N–H and O–H groups in total. The number of nitro benzene ring substituents is 1. The van der Waals surface area contributed by atoms with E-state index in [1.165, 1.54) is 48.3 Å². The van der Waals surface area contributed by atoms with Gasteiger partial charge in [-0.05, 0) is 48.9 Å². The van der Waals surface area contributed by atoms with Crippen LogP contribution < -0.4 is 9.62 Å². The fourth-order valence-corrected chi connectivity index (χ4v) is 5.49. The fraction of sp³-hybridized carbons (Fsp3) is 0.200. The molecule has 0 radical (unpaired) electrons. The molecule has 0 aliphatic rings. The minimum atomic E-state index is -4.24. The second-order valence-corrected chi connectivity index (χ2v) is 10.8. The quantitative estimate of drug-likeness (QED) is 0.284. The van der Waals surface area contributed by atoms with Gasteiger partial charge in [0.05, 0.1) is 15.5 Å². The number of halogens is 1. The molecule has 1 unspecified atom stereocenters. The zero-order valence-electron chi connectivity index (χ0n) is 20.1. The van der Waals surface area contributed by atoms with Crippen LogP contribution in [0.5, 0.6) is 0 Å². The number of sulfonamides is 1. The first-order chi connectivity index (χ1) is 17.5. The summed E-state index contributed by atoms with van der Waals surface area (Å²) in [5, 5.41) is 13.6. The minimum Gasteiger partial charge on any atom is -0.357 e. The van der Waals surface area contributed by atoms with E-state index < -0.39 is 39.3 Å². The topological polar surface area (TPSA) is 130 Å². The van der Waals surface area contributed by atoms with Crippen molar-refractivity contribution in [2.75, 3.05) is 17.9 Å². The van der Waals surface area contributed by atoms with E-state index in [-0.39, 0.29) is 22.8 Å². The molecule has 10 nitrogen and oxygen atoms in total. The summed E-state index contributed by atoms with van der Waals surface area (Å²) in [7, 11) is -2.79. The Morgan fingerprint density at radius 1 is 1.03 bits per heavy atom. The van der Waals surface area contributed by atoms with Crippen LogP contribution in [0.15, 0.2) is 88.2 Å². The highest BCUT2D eigenvalue weighted by Gasteiger charge is 2.32. The van der Waals surface area contributed by atoms with E-state index in [0.29, 0.717) is 0 Å². The van der Waals surface area contributed by atoms with Crippen molar-refractivity contribution in [2.24, 2.45) is 0 Å². The van der Waals surface area contributed by atoms with Crippen LogP contribution in [0.1, 0.15) is 12.5 Å². The number of non-ortho nitro benzene ring substituents is 1. The Labute approximate surface area is 223 Å². The van der Waals surface area contributed by atoms with Gasteiger partial charge in [0.1, 0.15) is 12.6 Å². The number of nitrogens with one attached hydrogen (secondary N) is 1. The number of carbonyl (C=O) groups excluding carboxylic acids is 2. The van der Waals surface area contributed by atoms with Crippen molar-refractivity contribution in [2.45, 2.75) is 24.4 Å². The Morgan fingerprint density at radius 2 is 1.68 bits per heavy atom. The van der Waals surface area contributed by atoms with Gasteiger partial charge < -0.3 is 10.2 Å². The molecule has 1 atom stereocenters. The van der Waals surface area contributed by atoms with E-state index >= 15 is 0 Å². The summed E-state index contributed by atoms with van der Waals surface area (Å²) in [6.45, 7) is 0.966. The van der Waals surface area contributed by atoms with E-state index in [1.807, 2.05) is 6.07 Å². The first kappa shape index (κ1) is 27.8. The molecule has 0 saturated heterocycles. The summed E-state index contributed by atoms with van der Waals surface area (Å²) in [5.41, 5.74) is 0.570. The van der Waals surface area contributed by atoms with Crippen LogP contribution in [0, 0.1) is 10.1 Å². The Balaban J connectivity index is 2.04. The Bertz CT molecular complexity index is 1380. The molecule has 37 heavy (non-hydrogen) atoms. The van der Waals surface area contributed by atoms with Crippen molar-refractivity contribution in [3.63, 3.8) is 0 Å². The molecule has 12 heteroatoms. The van der Waals surface area contributed by atoms with E-state index in [4.69, 9.17) is 0 Å². The van der Waals surface area contributed by atoms with Gasteiger partial charge >= 0.3 is 0 Å². The van der Waals surface area contributed by atoms with Crippen LogP contribution in [-0.2, 0) is 26.2 Å². The lowest BCUT2D eigenvalue weighted by molar-refractivity contribution is -0.384. The van der Waals surface area contributed by atoms with Crippen molar-refractivity contribution in [3.05, 3.63) is 99.0 Å². The van der Waals surface area contributed by atoms with Crippen LogP contribution in [0.3, 0.4) is 0 Å². The van der Waals surface area contributed by atoms with Gasteiger partial charge in [0, 0.05) is 30.2 Å². The Hall–Kier alpha value is -3.77. The highest BCUT2D eigenvalue weighted by molar-refractivity contribution is 9.10. The summed E-state index contributed by atoms with van der Waals surface area (Å²) >= 11 is 3.39. The number of hydrogen-bond acceptors (Lipinski definition) is 6. The SMILES string of the molecule is CNC(=O)C(C)N(Cc1cccc(Br)c1)C(=O)CN(c1ccc([N+](=O)[O-])cc1)S(=O)(=O)c1ccccc1. The number of nitro groups is 1. The second-order valence-electron chi connectivity index (χ2n) is 8.04. The molecule has 0 spiro atoms. The molecule has 3 rings (SSSR count). The fourth-order valence-electron chi connectivity index (χ4n) is 3.61. The molecule has 0 saturated carbocycles. The number of anilines is 1. The number of hydrogen-bond donors (Lipinski definition) is 1. The van der Waals surface area contributed by atoms with E-state index in [9.17, 15) is 28.1 Å². The lowest BCUT2D eigenvalue weighted by Crippen LogP contribution is -2.50. The van der Waals surface area contributed by atoms with Crippen molar-refractivity contribution in [3.8, 4) is 0 Å². The lowest BCUT2D eigenvalue weighted by atomic mass is 10.1. The van der Waals surface area contributed by atoms with Gasteiger partial charge in [-0.2, -0.15) is 0 Å². The first-order valence-corrected chi connectivity index (χ1v) is 13.4. The lowest BCUT2D eigenvalue weighted by Gasteiger charge is -2.31. The molecule has 194 valence electrons. The van der Waals surface area contributed by atoms with Gasteiger partial charge in [0.15, 0.2) is 0 Å². The van der Waals surface area contributed by atoms with Crippen molar-refractivity contribution < 1.29 is 22.9 Å². The average Bonchev–Trinajstić information content (AvgIpc) is 2.89. The van der Waals surface area contributed by atoms with Crippen LogP contribution in [0.25, 0.3) is 0 Å². The van der Waals surface area contributed by atoms with Gasteiger partial charge in [-0.3, -0.25) is 24.0 Å². The van der Waals surface area contributed by atoms with Gasteiger partial charge in [0.2, 0.25) is 11.8 Å². The Morgan fingerprint density at radius 3 is 2.24 bits per heavy atom. The maximum absolute atomic E-state index is 13.7. The third-order valence-electron chi connectivity index (χ3n) is 5.61. The molecule has 0 aromatic heterocycles. The number of likely N-dealkylation sites (N-methyl/N-ethyl adjacent to an activating group) is 1. The van der Waals surface area contributed by atoms with Gasteiger partial charge in [-0.25, -0.2) is 8.42 Å². The number of nitrogens with zero attached hydrogens (tertiary/aromatic N) is 3. The van der Waals surface area contributed by atoms with Crippen LogP contribution in [0.4, 0.5) is 11.4 Å². The van der Waals surface area contributed by atoms with E-state index in [0.717, 1.165) is 14.3 Å². The molecular weight excluding hydrogens is 564 g/mol. The summed E-state index contributed by atoms with van der Waals surface area (Å²) in [4.78, 5) is 37.9. The maximum Gasteiger partial charge on any atom is 0.269 e. The maximum atomic E-state index is 13.7.